The van der Waals surface area contributed by atoms with E-state index in [1.54, 1.807) is 18.2 Å². The lowest BCUT2D eigenvalue weighted by Crippen LogP contribution is -2.39. The Bertz CT molecular complexity index is 624. The van der Waals surface area contributed by atoms with Gasteiger partial charge in [-0.25, -0.2) is 8.42 Å². The molecule has 2 aliphatic rings. The van der Waals surface area contributed by atoms with Gasteiger partial charge in [-0.05, 0) is 37.0 Å². The molecule has 2 unspecified atom stereocenters. The first kappa shape index (κ1) is 13.7. The first-order valence-electron chi connectivity index (χ1n) is 6.72. The van der Waals surface area contributed by atoms with E-state index in [0.717, 1.165) is 0 Å². The van der Waals surface area contributed by atoms with Crippen molar-refractivity contribution in [2.75, 3.05) is 19.5 Å². The van der Waals surface area contributed by atoms with Gasteiger partial charge in [-0.1, -0.05) is 6.07 Å². The van der Waals surface area contributed by atoms with Crippen molar-refractivity contribution in [3.8, 4) is 11.5 Å². The van der Waals surface area contributed by atoms with Crippen molar-refractivity contribution in [1.29, 1.82) is 0 Å². The van der Waals surface area contributed by atoms with Gasteiger partial charge < -0.3 is 14.6 Å². The molecule has 0 radical (unpaired) electrons. The molecule has 20 heavy (non-hydrogen) atoms. The maximum atomic E-state index is 11.9. The molecule has 2 atom stereocenters. The van der Waals surface area contributed by atoms with Crippen LogP contribution in [0.3, 0.4) is 0 Å². The predicted octanol–water partition coefficient (Wildman–Crippen LogP) is 1.24. The Morgan fingerprint density at radius 3 is 2.65 bits per heavy atom. The van der Waals surface area contributed by atoms with Gasteiger partial charge in [0.15, 0.2) is 21.3 Å². The lowest BCUT2D eigenvalue weighted by Gasteiger charge is -2.30. The van der Waals surface area contributed by atoms with Crippen molar-refractivity contribution in [3.63, 3.8) is 0 Å². The van der Waals surface area contributed by atoms with Crippen LogP contribution in [-0.2, 0) is 15.4 Å². The molecule has 0 bridgehead atoms. The Kier molecular flexibility index (Phi) is 3.17. The molecule has 0 amide bonds. The number of fused-ring (bicyclic) bond motifs is 1. The number of sulfone groups is 1. The Labute approximate surface area is 118 Å². The molecule has 110 valence electrons. The van der Waals surface area contributed by atoms with Crippen molar-refractivity contribution in [2.45, 2.75) is 30.1 Å². The van der Waals surface area contributed by atoms with Crippen LogP contribution in [0.5, 0.6) is 11.5 Å². The van der Waals surface area contributed by atoms with Gasteiger partial charge in [0, 0.05) is 6.26 Å². The summed E-state index contributed by atoms with van der Waals surface area (Å²) in [4.78, 5) is 0. The smallest absolute Gasteiger partial charge is 0.161 e. The minimum Gasteiger partial charge on any atom is -0.486 e. The minimum absolute atomic E-state index is 0.449. The van der Waals surface area contributed by atoms with Gasteiger partial charge in [-0.2, -0.15) is 0 Å². The zero-order chi connectivity index (χ0) is 14.4. The molecule has 0 spiro atoms. The van der Waals surface area contributed by atoms with E-state index in [-0.39, 0.29) is 0 Å². The Balaban J connectivity index is 2.03. The quantitative estimate of drug-likeness (QED) is 0.889. The Hall–Kier alpha value is -1.27. The molecule has 5 nitrogen and oxygen atoms in total. The van der Waals surface area contributed by atoms with Gasteiger partial charge in [-0.3, -0.25) is 0 Å². The fourth-order valence-corrected chi connectivity index (χ4v) is 4.72. The van der Waals surface area contributed by atoms with Crippen LogP contribution in [0.15, 0.2) is 18.2 Å². The van der Waals surface area contributed by atoms with Crippen molar-refractivity contribution in [2.24, 2.45) is 0 Å². The summed E-state index contributed by atoms with van der Waals surface area (Å²) in [5, 5.41) is 10.1. The SMILES string of the molecule is CS(=O)(=O)C1CCCC1(O)c1ccc2c(c1)OCCO2. The normalized spacial score (nSPS) is 29.4. The van der Waals surface area contributed by atoms with Crippen molar-refractivity contribution in [1.82, 2.24) is 0 Å². The summed E-state index contributed by atoms with van der Waals surface area (Å²) in [5.74, 6) is 1.21. The largest absolute Gasteiger partial charge is 0.486 e. The van der Waals surface area contributed by atoms with Gasteiger partial charge >= 0.3 is 0 Å². The average Bonchev–Trinajstić information content (AvgIpc) is 2.81. The van der Waals surface area contributed by atoms with E-state index < -0.39 is 20.7 Å². The van der Waals surface area contributed by atoms with Gasteiger partial charge in [-0.15, -0.1) is 0 Å². The molecular formula is C14H18O5S. The highest BCUT2D eigenvalue weighted by Gasteiger charge is 2.48. The van der Waals surface area contributed by atoms with Crippen LogP contribution in [0.2, 0.25) is 0 Å². The summed E-state index contributed by atoms with van der Waals surface area (Å²) < 4.78 is 34.7. The number of rotatable bonds is 2. The average molecular weight is 298 g/mol. The van der Waals surface area contributed by atoms with Crippen LogP contribution in [-0.4, -0.2) is 38.2 Å². The molecule has 3 rings (SSSR count). The van der Waals surface area contributed by atoms with Crippen LogP contribution >= 0.6 is 0 Å². The molecule has 1 aromatic carbocycles. The third-order valence-corrected chi connectivity index (χ3v) is 5.78. The zero-order valence-electron chi connectivity index (χ0n) is 11.3. The topological polar surface area (TPSA) is 72.8 Å². The number of aliphatic hydroxyl groups is 1. The van der Waals surface area contributed by atoms with E-state index >= 15 is 0 Å². The molecule has 1 fully saturated rings. The first-order chi connectivity index (χ1) is 9.41. The standard InChI is InChI=1S/C14H18O5S/c1-20(16,17)13-3-2-6-14(13,15)10-4-5-11-12(9-10)19-8-7-18-11/h4-5,9,13,15H,2-3,6-8H2,1H3. The summed E-state index contributed by atoms with van der Waals surface area (Å²) in [6, 6.07) is 5.18. The minimum atomic E-state index is -3.30. The monoisotopic (exact) mass is 298 g/mol. The summed E-state index contributed by atoms with van der Waals surface area (Å²) >= 11 is 0. The molecule has 1 aliphatic carbocycles. The lowest BCUT2D eigenvalue weighted by atomic mass is 9.91. The summed E-state index contributed by atoms with van der Waals surface area (Å²) in [5.41, 5.74) is -0.738. The molecule has 1 heterocycles. The Morgan fingerprint density at radius 1 is 1.25 bits per heavy atom. The van der Waals surface area contributed by atoms with E-state index in [1.165, 1.54) is 6.26 Å². The molecule has 1 saturated carbocycles. The maximum absolute atomic E-state index is 11.9. The second-order valence-electron chi connectivity index (χ2n) is 5.49. The molecule has 1 N–H and O–H groups in total. The zero-order valence-corrected chi connectivity index (χ0v) is 12.1. The summed E-state index contributed by atoms with van der Waals surface area (Å²) in [6.07, 6.45) is 2.82. The molecular weight excluding hydrogens is 280 g/mol. The molecule has 0 saturated heterocycles. The highest BCUT2D eigenvalue weighted by Crippen LogP contribution is 2.44. The van der Waals surface area contributed by atoms with Gasteiger partial charge in [0.25, 0.3) is 0 Å². The fourth-order valence-electron chi connectivity index (χ4n) is 3.17. The lowest BCUT2D eigenvalue weighted by molar-refractivity contribution is 0.0470. The van der Waals surface area contributed by atoms with E-state index in [0.29, 0.717) is 49.5 Å². The molecule has 1 aromatic rings. The van der Waals surface area contributed by atoms with Crippen LogP contribution in [0, 0.1) is 0 Å². The van der Waals surface area contributed by atoms with Gasteiger partial charge in [0.1, 0.15) is 18.8 Å². The van der Waals surface area contributed by atoms with Crippen molar-refractivity contribution >= 4 is 9.84 Å². The van der Waals surface area contributed by atoms with Crippen molar-refractivity contribution < 1.29 is 23.0 Å². The number of hydrogen-bond acceptors (Lipinski definition) is 5. The third kappa shape index (κ3) is 2.16. The van der Waals surface area contributed by atoms with Gasteiger partial charge in [0.2, 0.25) is 0 Å². The second-order valence-corrected chi connectivity index (χ2v) is 7.72. The highest BCUT2D eigenvalue weighted by molar-refractivity contribution is 7.91. The number of hydrogen-bond donors (Lipinski definition) is 1. The van der Waals surface area contributed by atoms with E-state index in [4.69, 9.17) is 9.47 Å². The highest BCUT2D eigenvalue weighted by atomic mass is 32.2. The maximum Gasteiger partial charge on any atom is 0.161 e. The van der Waals surface area contributed by atoms with E-state index in [2.05, 4.69) is 0 Å². The van der Waals surface area contributed by atoms with Crippen LogP contribution in [0.4, 0.5) is 0 Å². The predicted molar refractivity (Wildman–Crippen MR) is 73.8 cm³/mol. The number of benzene rings is 1. The second kappa shape index (κ2) is 4.63. The van der Waals surface area contributed by atoms with Crippen LogP contribution in [0.1, 0.15) is 24.8 Å². The Morgan fingerprint density at radius 2 is 1.95 bits per heavy atom. The summed E-state index contributed by atoms with van der Waals surface area (Å²) in [6.45, 7) is 0.965. The van der Waals surface area contributed by atoms with Crippen LogP contribution in [0.25, 0.3) is 0 Å². The third-order valence-electron chi connectivity index (χ3n) is 4.12. The molecule has 1 aliphatic heterocycles. The fraction of sp³-hybridized carbons (Fsp3) is 0.571. The van der Waals surface area contributed by atoms with E-state index in [9.17, 15) is 13.5 Å². The molecule has 6 heteroatoms. The van der Waals surface area contributed by atoms with E-state index in [1.807, 2.05) is 0 Å². The summed E-state index contributed by atoms with van der Waals surface area (Å²) in [7, 11) is -3.30. The van der Waals surface area contributed by atoms with Gasteiger partial charge in [0.05, 0.1) is 5.25 Å². The van der Waals surface area contributed by atoms with Crippen molar-refractivity contribution in [3.05, 3.63) is 23.8 Å². The number of ether oxygens (including phenoxy) is 2. The molecule has 0 aromatic heterocycles. The first-order valence-corrected chi connectivity index (χ1v) is 8.68. The van der Waals surface area contributed by atoms with Crippen LogP contribution < -0.4 is 9.47 Å².